The molecule has 0 atom stereocenters. The van der Waals surface area contributed by atoms with Gasteiger partial charge in [0.05, 0.1) is 0 Å². The normalized spacial score (nSPS) is 11.3. The van der Waals surface area contributed by atoms with Crippen molar-refractivity contribution >= 4 is 17.8 Å². The Kier molecular flexibility index (Phi) is 6.61. The Bertz CT molecular complexity index is 435. The molecule has 3 N–H and O–H groups in total. The van der Waals surface area contributed by atoms with Crippen LogP contribution in [-0.2, 0) is 0 Å². The van der Waals surface area contributed by atoms with Crippen LogP contribution in [0.5, 0.6) is 0 Å². The molecule has 1 aromatic rings. The lowest BCUT2D eigenvalue weighted by Crippen LogP contribution is -2.26. The molecule has 7 heteroatoms. The fourth-order valence-corrected chi connectivity index (χ4v) is 1.67. The topological polar surface area (TPSA) is 86.2 Å². The highest BCUT2D eigenvalue weighted by molar-refractivity contribution is 5.43. The van der Waals surface area contributed by atoms with Crippen LogP contribution in [0.3, 0.4) is 0 Å². The average molecular weight is 296 g/mol. The second-order valence-corrected chi connectivity index (χ2v) is 6.10. The number of nitrogens with zero attached hydrogens (tertiary/aromatic N) is 4. The number of aromatic nitrogens is 3. The molecule has 120 valence electrons. The first-order valence-electron chi connectivity index (χ1n) is 7.40. The van der Waals surface area contributed by atoms with Crippen LogP contribution in [0.25, 0.3) is 0 Å². The van der Waals surface area contributed by atoms with Gasteiger partial charge in [-0.15, -0.1) is 0 Å². The van der Waals surface area contributed by atoms with Gasteiger partial charge in [0.25, 0.3) is 0 Å². The number of aliphatic hydroxyl groups excluding tert-OH is 1. The van der Waals surface area contributed by atoms with Crippen molar-refractivity contribution in [3.63, 3.8) is 0 Å². The zero-order valence-corrected chi connectivity index (χ0v) is 13.8. The number of aliphatic hydroxyl groups is 1. The van der Waals surface area contributed by atoms with Crippen molar-refractivity contribution in [3.8, 4) is 0 Å². The van der Waals surface area contributed by atoms with E-state index in [1.54, 1.807) is 0 Å². The average Bonchev–Trinajstić information content (AvgIpc) is 2.43. The smallest absolute Gasteiger partial charge is 0.231 e. The third-order valence-electron chi connectivity index (χ3n) is 3.07. The predicted molar refractivity (Wildman–Crippen MR) is 86.9 cm³/mol. The van der Waals surface area contributed by atoms with Gasteiger partial charge in [-0.05, 0) is 18.3 Å². The zero-order chi connectivity index (χ0) is 15.9. The molecule has 1 aromatic heterocycles. The number of rotatable bonds is 9. The summed E-state index contributed by atoms with van der Waals surface area (Å²) in [5.74, 6) is 1.75. The van der Waals surface area contributed by atoms with Gasteiger partial charge in [0.15, 0.2) is 0 Å². The van der Waals surface area contributed by atoms with E-state index in [0.717, 1.165) is 19.4 Å². The molecule has 7 nitrogen and oxygen atoms in total. The van der Waals surface area contributed by atoms with Crippen LogP contribution in [0.1, 0.15) is 33.6 Å². The van der Waals surface area contributed by atoms with Gasteiger partial charge in [0.2, 0.25) is 17.8 Å². The van der Waals surface area contributed by atoms with E-state index in [0.29, 0.717) is 24.4 Å². The van der Waals surface area contributed by atoms with E-state index in [2.05, 4.69) is 46.4 Å². The molecule has 0 unspecified atom stereocenters. The predicted octanol–water partition coefficient (Wildman–Crippen LogP) is 1.58. The molecule has 0 bridgehead atoms. The molecular weight excluding hydrogens is 268 g/mol. The fourth-order valence-electron chi connectivity index (χ4n) is 1.67. The third-order valence-corrected chi connectivity index (χ3v) is 3.07. The van der Waals surface area contributed by atoms with Crippen molar-refractivity contribution in [3.05, 3.63) is 0 Å². The molecule has 1 heterocycles. The van der Waals surface area contributed by atoms with Crippen molar-refractivity contribution in [2.24, 2.45) is 5.41 Å². The highest BCUT2D eigenvalue weighted by Crippen LogP contribution is 2.20. The summed E-state index contributed by atoms with van der Waals surface area (Å²) >= 11 is 0. The SMILES string of the molecule is CCCNc1nc(NCC(C)(C)CCO)nc(N(C)C)n1. The molecule has 1 rings (SSSR count). The van der Waals surface area contributed by atoms with Gasteiger partial charge < -0.3 is 20.6 Å². The maximum atomic E-state index is 9.07. The Morgan fingerprint density at radius 2 is 1.71 bits per heavy atom. The summed E-state index contributed by atoms with van der Waals surface area (Å²) in [6.45, 7) is 7.99. The minimum absolute atomic E-state index is 0.0172. The maximum Gasteiger partial charge on any atom is 0.231 e. The molecule has 0 aliphatic heterocycles. The van der Waals surface area contributed by atoms with Crippen molar-refractivity contribution < 1.29 is 5.11 Å². The summed E-state index contributed by atoms with van der Waals surface area (Å²) in [7, 11) is 3.80. The van der Waals surface area contributed by atoms with Crippen molar-refractivity contribution in [2.75, 3.05) is 49.3 Å². The summed E-state index contributed by atoms with van der Waals surface area (Å²) < 4.78 is 0. The summed E-state index contributed by atoms with van der Waals surface area (Å²) in [5, 5.41) is 15.5. The van der Waals surface area contributed by atoms with E-state index in [1.807, 2.05) is 19.0 Å². The number of hydrogen-bond acceptors (Lipinski definition) is 7. The maximum absolute atomic E-state index is 9.07. The second kappa shape index (κ2) is 7.97. The summed E-state index contributed by atoms with van der Waals surface area (Å²) in [4.78, 5) is 15.0. The van der Waals surface area contributed by atoms with Gasteiger partial charge in [-0.1, -0.05) is 20.8 Å². The second-order valence-electron chi connectivity index (χ2n) is 6.10. The summed E-state index contributed by atoms with van der Waals surface area (Å²) in [5.41, 5.74) is -0.0172. The standard InChI is InChI=1S/C14H28N6O/c1-6-8-15-11-17-12(19-13(18-11)20(4)5)16-10-14(2,3)7-9-21/h21H,6-10H2,1-5H3,(H2,15,16,17,18,19). The molecule has 0 aromatic carbocycles. The molecule has 0 radical (unpaired) electrons. The molecule has 0 saturated carbocycles. The minimum Gasteiger partial charge on any atom is -0.396 e. The van der Waals surface area contributed by atoms with Crippen LogP contribution < -0.4 is 15.5 Å². The first-order chi connectivity index (χ1) is 9.88. The first-order valence-corrected chi connectivity index (χ1v) is 7.40. The Hall–Kier alpha value is -1.63. The van der Waals surface area contributed by atoms with Gasteiger partial charge in [0, 0.05) is 33.8 Å². The van der Waals surface area contributed by atoms with Crippen LogP contribution in [0.4, 0.5) is 17.8 Å². The van der Waals surface area contributed by atoms with E-state index in [1.165, 1.54) is 0 Å². The largest absolute Gasteiger partial charge is 0.396 e. The van der Waals surface area contributed by atoms with Crippen molar-refractivity contribution in [1.82, 2.24) is 15.0 Å². The molecular formula is C14H28N6O. The lowest BCUT2D eigenvalue weighted by molar-refractivity contribution is 0.220. The van der Waals surface area contributed by atoms with Crippen LogP contribution in [0, 0.1) is 5.41 Å². The van der Waals surface area contributed by atoms with Crippen LogP contribution in [0.15, 0.2) is 0 Å². The van der Waals surface area contributed by atoms with Gasteiger partial charge in [-0.25, -0.2) is 0 Å². The molecule has 0 aliphatic carbocycles. The van der Waals surface area contributed by atoms with Gasteiger partial charge in [0.1, 0.15) is 0 Å². The first kappa shape index (κ1) is 17.4. The Labute approximate surface area is 127 Å². The Balaban J connectivity index is 2.82. The summed E-state index contributed by atoms with van der Waals surface area (Å²) in [6, 6.07) is 0. The van der Waals surface area contributed by atoms with Crippen molar-refractivity contribution in [2.45, 2.75) is 33.6 Å². The fraction of sp³-hybridized carbons (Fsp3) is 0.786. The van der Waals surface area contributed by atoms with Crippen LogP contribution in [0.2, 0.25) is 0 Å². The van der Waals surface area contributed by atoms with Crippen molar-refractivity contribution in [1.29, 1.82) is 0 Å². The van der Waals surface area contributed by atoms with E-state index in [4.69, 9.17) is 5.11 Å². The number of anilines is 3. The molecule has 21 heavy (non-hydrogen) atoms. The van der Waals surface area contributed by atoms with E-state index >= 15 is 0 Å². The minimum atomic E-state index is -0.0172. The van der Waals surface area contributed by atoms with Gasteiger partial charge in [-0.2, -0.15) is 15.0 Å². The molecule has 0 saturated heterocycles. The van der Waals surface area contributed by atoms with Crippen LogP contribution >= 0.6 is 0 Å². The molecule has 0 spiro atoms. The van der Waals surface area contributed by atoms with E-state index in [-0.39, 0.29) is 12.0 Å². The zero-order valence-electron chi connectivity index (χ0n) is 13.8. The monoisotopic (exact) mass is 296 g/mol. The van der Waals surface area contributed by atoms with Gasteiger partial charge in [-0.3, -0.25) is 0 Å². The molecule has 0 aliphatic rings. The van der Waals surface area contributed by atoms with E-state index in [9.17, 15) is 0 Å². The highest BCUT2D eigenvalue weighted by Gasteiger charge is 2.18. The molecule has 0 fully saturated rings. The Morgan fingerprint density at radius 3 is 2.24 bits per heavy atom. The lowest BCUT2D eigenvalue weighted by atomic mass is 9.90. The lowest BCUT2D eigenvalue weighted by Gasteiger charge is -2.24. The highest BCUT2D eigenvalue weighted by atomic mass is 16.3. The van der Waals surface area contributed by atoms with E-state index < -0.39 is 0 Å². The quantitative estimate of drug-likeness (QED) is 0.638. The third kappa shape index (κ3) is 6.12. The molecule has 0 amide bonds. The number of nitrogens with one attached hydrogen (secondary N) is 2. The summed E-state index contributed by atoms with van der Waals surface area (Å²) in [6.07, 6.45) is 1.74. The Morgan fingerprint density at radius 1 is 1.10 bits per heavy atom. The number of hydrogen-bond donors (Lipinski definition) is 3. The van der Waals surface area contributed by atoms with Gasteiger partial charge >= 0.3 is 0 Å². The van der Waals surface area contributed by atoms with Crippen LogP contribution in [-0.4, -0.2) is 53.9 Å².